The largest absolute Gasteiger partial charge is 0.416 e. The second-order valence-electron chi connectivity index (χ2n) is 10.2. The first-order valence-corrected chi connectivity index (χ1v) is 13.6. The van der Waals surface area contributed by atoms with E-state index in [4.69, 9.17) is 33.9 Å². The summed E-state index contributed by atoms with van der Waals surface area (Å²) >= 11 is 12.5. The van der Waals surface area contributed by atoms with Crippen molar-refractivity contribution in [3.63, 3.8) is 0 Å². The molecule has 39 heavy (non-hydrogen) atoms. The normalized spacial score (nSPS) is 24.1. The van der Waals surface area contributed by atoms with E-state index in [2.05, 4.69) is 20.6 Å². The predicted molar refractivity (Wildman–Crippen MR) is 142 cm³/mol. The molecule has 0 radical (unpaired) electrons. The maximum Gasteiger partial charge on any atom is 0.416 e. The lowest BCUT2D eigenvalue weighted by Crippen LogP contribution is -2.30. The molecule has 0 saturated heterocycles. The van der Waals surface area contributed by atoms with Gasteiger partial charge < -0.3 is 21.5 Å². The van der Waals surface area contributed by atoms with Crippen molar-refractivity contribution in [2.75, 3.05) is 10.6 Å². The van der Waals surface area contributed by atoms with Crippen LogP contribution in [0, 0.1) is 5.92 Å². The lowest BCUT2D eigenvalue weighted by molar-refractivity contribution is -0.137. The van der Waals surface area contributed by atoms with Crippen LogP contribution in [0.2, 0.25) is 10.0 Å². The van der Waals surface area contributed by atoms with Gasteiger partial charge in [-0.2, -0.15) is 18.2 Å². The van der Waals surface area contributed by atoms with Crippen molar-refractivity contribution < 1.29 is 23.1 Å². The first kappa shape index (κ1) is 27.7. The Morgan fingerprint density at radius 2 is 1.77 bits per heavy atom. The number of alkyl halides is 3. The van der Waals surface area contributed by atoms with E-state index in [1.807, 2.05) is 4.57 Å². The number of aliphatic hydroxyl groups is 1. The Hall–Kier alpha value is -2.83. The summed E-state index contributed by atoms with van der Waals surface area (Å²) in [5.74, 6) is 0.103. The highest BCUT2D eigenvalue weighted by atomic mass is 35.5. The Balaban J connectivity index is 1.52. The molecule has 0 spiro atoms. The van der Waals surface area contributed by atoms with Gasteiger partial charge in [0.25, 0.3) is 0 Å². The van der Waals surface area contributed by atoms with Crippen LogP contribution in [0.5, 0.6) is 0 Å². The predicted octanol–water partition coefficient (Wildman–Crippen LogP) is 5.83. The molecule has 2 fully saturated rings. The highest BCUT2D eigenvalue weighted by Crippen LogP contribution is 2.42. The van der Waals surface area contributed by atoms with Gasteiger partial charge in [-0.05, 0) is 63.5 Å². The van der Waals surface area contributed by atoms with Crippen molar-refractivity contribution in [2.24, 2.45) is 11.7 Å². The maximum atomic E-state index is 13.2. The molecule has 2 aromatic heterocycles. The number of nitrogens with one attached hydrogen (secondary N) is 2. The molecule has 2 aliphatic rings. The van der Waals surface area contributed by atoms with Crippen molar-refractivity contribution in [3.05, 3.63) is 33.9 Å². The van der Waals surface area contributed by atoms with Gasteiger partial charge in [-0.3, -0.25) is 9.36 Å². The van der Waals surface area contributed by atoms with E-state index in [0.29, 0.717) is 49.2 Å². The van der Waals surface area contributed by atoms with E-state index in [-0.39, 0.29) is 51.7 Å². The number of rotatable bonds is 6. The van der Waals surface area contributed by atoms with E-state index >= 15 is 0 Å². The Bertz CT molecular complexity index is 1350. The van der Waals surface area contributed by atoms with Gasteiger partial charge >= 0.3 is 6.18 Å². The second kappa shape index (κ2) is 11.0. The van der Waals surface area contributed by atoms with Gasteiger partial charge in [0.05, 0.1) is 33.6 Å². The molecule has 3 aromatic rings. The summed E-state index contributed by atoms with van der Waals surface area (Å²) in [7, 11) is 0. The molecule has 2 saturated carbocycles. The Labute approximate surface area is 232 Å². The molecule has 9 nitrogen and oxygen atoms in total. The fourth-order valence-electron chi connectivity index (χ4n) is 5.46. The number of aliphatic hydroxyl groups excluding tert-OH is 1. The lowest BCUT2D eigenvalue weighted by Gasteiger charge is -2.29. The zero-order chi connectivity index (χ0) is 27.9. The monoisotopic (exact) mass is 585 g/mol. The lowest BCUT2D eigenvalue weighted by atomic mass is 9.85. The fourth-order valence-corrected chi connectivity index (χ4v) is 6.04. The first-order chi connectivity index (χ1) is 18.5. The quantitative estimate of drug-likeness (QED) is 0.286. The summed E-state index contributed by atoms with van der Waals surface area (Å²) in [6.07, 6.45) is 2.11. The number of aromatic nitrogens is 4. The van der Waals surface area contributed by atoms with Crippen molar-refractivity contribution in [1.29, 1.82) is 0 Å². The zero-order valence-corrected chi connectivity index (χ0v) is 22.3. The van der Waals surface area contributed by atoms with Crippen LogP contribution in [0.15, 0.2) is 18.3 Å². The van der Waals surface area contributed by atoms with Crippen LogP contribution < -0.4 is 16.4 Å². The number of carbonyl (C=O) groups is 1. The van der Waals surface area contributed by atoms with Crippen LogP contribution >= 0.6 is 23.2 Å². The summed E-state index contributed by atoms with van der Waals surface area (Å²) < 4.78 is 41.6. The standard InChI is InChI=1S/C25H28Cl2F3N7O2/c26-17-8-13(25(28,29)30)9-18(27)20(17)35-24-34-19-11-32-23(33-14-2-1-3-16(38)10-14)36-22(19)37(24)15-6-4-12(5-7-15)21(31)39/h8-9,11-12,14-16,38H,1-7,10H2,(H2,31,39)(H,34,35)(H,32,33,36)/t12?,14-,15?,16-/m0/s1. The number of hydrogen-bond donors (Lipinski definition) is 4. The average molecular weight is 586 g/mol. The number of anilines is 3. The van der Waals surface area contributed by atoms with Crippen LogP contribution in [0.25, 0.3) is 11.2 Å². The SMILES string of the molecule is NC(=O)C1CCC(n2c(Nc3c(Cl)cc(C(F)(F)F)cc3Cl)nc3cnc(N[C@H]4CCC[C@H](O)C4)nc32)CC1. The van der Waals surface area contributed by atoms with Gasteiger partial charge in [0, 0.05) is 18.0 Å². The van der Waals surface area contributed by atoms with Crippen LogP contribution in [0.3, 0.4) is 0 Å². The van der Waals surface area contributed by atoms with Crippen molar-refractivity contribution >= 4 is 57.9 Å². The number of hydrogen-bond acceptors (Lipinski definition) is 7. The summed E-state index contributed by atoms with van der Waals surface area (Å²) in [4.78, 5) is 25.5. The van der Waals surface area contributed by atoms with Gasteiger partial charge in [0.15, 0.2) is 5.65 Å². The molecule has 210 valence electrons. The fraction of sp³-hybridized carbons (Fsp3) is 0.520. The topological polar surface area (TPSA) is 131 Å². The van der Waals surface area contributed by atoms with Gasteiger partial charge in [-0.25, -0.2) is 9.97 Å². The zero-order valence-electron chi connectivity index (χ0n) is 20.8. The summed E-state index contributed by atoms with van der Waals surface area (Å²) in [5.41, 5.74) is 5.61. The highest BCUT2D eigenvalue weighted by molar-refractivity contribution is 6.39. The minimum Gasteiger partial charge on any atom is -0.393 e. The van der Waals surface area contributed by atoms with E-state index in [0.717, 1.165) is 31.4 Å². The molecule has 5 N–H and O–H groups in total. The van der Waals surface area contributed by atoms with E-state index in [9.17, 15) is 23.1 Å². The molecule has 14 heteroatoms. The molecule has 0 bridgehead atoms. The smallest absolute Gasteiger partial charge is 0.393 e. The molecule has 5 rings (SSSR count). The number of nitrogens with zero attached hydrogens (tertiary/aromatic N) is 4. The summed E-state index contributed by atoms with van der Waals surface area (Å²) in [5, 5.41) is 15.9. The van der Waals surface area contributed by atoms with Crippen molar-refractivity contribution in [1.82, 2.24) is 19.5 Å². The Kier molecular flexibility index (Phi) is 7.80. The summed E-state index contributed by atoms with van der Waals surface area (Å²) in [6.45, 7) is 0. The Morgan fingerprint density at radius 3 is 2.38 bits per heavy atom. The van der Waals surface area contributed by atoms with Gasteiger partial charge in [-0.15, -0.1) is 0 Å². The van der Waals surface area contributed by atoms with E-state index < -0.39 is 11.7 Å². The second-order valence-corrected chi connectivity index (χ2v) is 11.0. The molecular weight excluding hydrogens is 558 g/mol. The Morgan fingerprint density at radius 1 is 1.08 bits per heavy atom. The third-order valence-corrected chi connectivity index (χ3v) is 8.08. The summed E-state index contributed by atoms with van der Waals surface area (Å²) in [6, 6.07) is 1.51. The van der Waals surface area contributed by atoms with Crippen LogP contribution in [0.4, 0.5) is 30.8 Å². The number of halogens is 5. The van der Waals surface area contributed by atoms with Crippen molar-refractivity contribution in [2.45, 2.75) is 75.7 Å². The third-order valence-electron chi connectivity index (χ3n) is 7.48. The van der Waals surface area contributed by atoms with Crippen LogP contribution in [-0.2, 0) is 11.0 Å². The number of amides is 1. The minimum absolute atomic E-state index is 0.0240. The molecule has 2 aliphatic carbocycles. The number of fused-ring (bicyclic) bond motifs is 1. The molecule has 1 amide bonds. The van der Waals surface area contributed by atoms with Gasteiger partial charge in [-0.1, -0.05) is 23.2 Å². The molecular formula is C25H28Cl2F3N7O2. The maximum absolute atomic E-state index is 13.2. The molecule has 0 unspecified atom stereocenters. The van der Waals surface area contributed by atoms with Gasteiger partial charge in [0.1, 0.15) is 5.52 Å². The number of benzene rings is 1. The highest BCUT2D eigenvalue weighted by Gasteiger charge is 2.33. The van der Waals surface area contributed by atoms with Crippen LogP contribution in [0.1, 0.15) is 63.0 Å². The molecule has 2 atom stereocenters. The average Bonchev–Trinajstić information content (AvgIpc) is 3.23. The third kappa shape index (κ3) is 6.02. The van der Waals surface area contributed by atoms with Gasteiger partial charge in [0.2, 0.25) is 17.8 Å². The number of imidazole rings is 1. The minimum atomic E-state index is -4.61. The van der Waals surface area contributed by atoms with Crippen LogP contribution in [-0.4, -0.2) is 42.7 Å². The molecule has 2 heterocycles. The van der Waals surface area contributed by atoms with E-state index in [1.54, 1.807) is 6.20 Å². The number of carbonyl (C=O) groups excluding carboxylic acids is 1. The van der Waals surface area contributed by atoms with E-state index in [1.165, 1.54) is 0 Å². The van der Waals surface area contributed by atoms with Crippen molar-refractivity contribution in [3.8, 4) is 0 Å². The number of primary amides is 1. The number of nitrogens with two attached hydrogens (primary N) is 1. The first-order valence-electron chi connectivity index (χ1n) is 12.8. The molecule has 0 aliphatic heterocycles. The molecule has 1 aromatic carbocycles.